The number of fused-ring (bicyclic) bond motifs is 2. The molecule has 2 fully saturated rings. The van der Waals surface area contributed by atoms with Gasteiger partial charge in [-0.3, -0.25) is 9.69 Å². The highest BCUT2D eigenvalue weighted by Gasteiger charge is 2.44. The summed E-state index contributed by atoms with van der Waals surface area (Å²) in [5, 5.41) is -0.291. The van der Waals surface area contributed by atoms with E-state index in [1.165, 1.54) is 24.6 Å². The largest absolute Gasteiger partial charge is 0.465 e. The van der Waals surface area contributed by atoms with Crippen molar-refractivity contribution in [2.24, 2.45) is 11.8 Å². The van der Waals surface area contributed by atoms with E-state index in [4.69, 9.17) is 34.2 Å². The van der Waals surface area contributed by atoms with Gasteiger partial charge in [0.15, 0.2) is 4.34 Å². The number of rotatable bonds is 5. The van der Waals surface area contributed by atoms with Crippen molar-refractivity contribution in [3.05, 3.63) is 16.6 Å². The highest BCUT2D eigenvalue weighted by Crippen LogP contribution is 2.45. The number of carbonyl (C=O) groups is 1. The average molecular weight is 530 g/mol. The third kappa shape index (κ3) is 4.13. The molecule has 154 valence electrons. The van der Waals surface area contributed by atoms with E-state index >= 15 is 0 Å². The first kappa shape index (κ1) is 21.6. The van der Waals surface area contributed by atoms with Gasteiger partial charge in [0.1, 0.15) is 5.25 Å². The molecule has 2 heterocycles. The van der Waals surface area contributed by atoms with Crippen LogP contribution in [0, 0.1) is 11.8 Å². The maximum atomic E-state index is 11.9. The molecule has 1 aliphatic carbocycles. The Balaban J connectivity index is 1.63. The summed E-state index contributed by atoms with van der Waals surface area (Å²) in [4.78, 5) is 20.7. The normalized spacial score (nSPS) is 22.8. The van der Waals surface area contributed by atoms with Crippen LogP contribution < -0.4 is 4.90 Å². The number of hydrogen-bond acceptors (Lipinski definition) is 7. The zero-order valence-corrected chi connectivity index (χ0v) is 21.0. The van der Waals surface area contributed by atoms with Crippen LogP contribution in [-0.4, -0.2) is 32.8 Å². The van der Waals surface area contributed by atoms with Gasteiger partial charge in [0.25, 0.3) is 0 Å². The van der Waals surface area contributed by atoms with E-state index in [2.05, 4.69) is 33.0 Å². The van der Waals surface area contributed by atoms with Crippen LogP contribution in [0.3, 0.4) is 0 Å². The van der Waals surface area contributed by atoms with E-state index in [9.17, 15) is 4.79 Å². The lowest BCUT2D eigenvalue weighted by molar-refractivity contribution is -0.142. The van der Waals surface area contributed by atoms with Gasteiger partial charge in [-0.05, 0) is 54.8 Å². The molecule has 4 nitrogen and oxygen atoms in total. The number of thiazole rings is 1. The van der Waals surface area contributed by atoms with Crippen molar-refractivity contribution in [3.63, 3.8) is 0 Å². The topological polar surface area (TPSA) is 42.4 Å². The maximum absolute atomic E-state index is 11.9. The summed E-state index contributed by atoms with van der Waals surface area (Å²) >= 11 is 18.4. The number of carbonyl (C=O) groups excluding carboxylic acids is 1. The molecular weight excluding hydrogens is 508 g/mol. The Hall–Kier alpha value is -0.610. The average Bonchev–Trinajstić information content (AvgIpc) is 3.19. The van der Waals surface area contributed by atoms with Crippen LogP contribution in [0.2, 0.25) is 0 Å². The number of esters is 1. The van der Waals surface area contributed by atoms with Gasteiger partial charge < -0.3 is 4.74 Å². The second-order valence-corrected chi connectivity index (χ2v) is 11.6. The monoisotopic (exact) mass is 528 g/mol. The standard InChI is InChI=1S/C20H21BrN2O2S4/c1-3-25-19(24)10(2)28-20-22-14-9-15(13(21)8-16(14)29-20)23-17(26)11-6-4-5-7-12(11)18(23)27/h8-12H,3-7H2,1-2H3. The second kappa shape index (κ2) is 8.86. The predicted molar refractivity (Wildman–Crippen MR) is 132 cm³/mol. The van der Waals surface area contributed by atoms with Crippen LogP contribution >= 0.6 is 63.5 Å². The molecule has 2 aromatic rings. The van der Waals surface area contributed by atoms with Crippen LogP contribution in [0.15, 0.2) is 20.9 Å². The molecule has 0 amide bonds. The summed E-state index contributed by atoms with van der Waals surface area (Å²) in [6.45, 7) is 4.05. The van der Waals surface area contributed by atoms with E-state index in [1.54, 1.807) is 11.3 Å². The predicted octanol–water partition coefficient (Wildman–Crippen LogP) is 6.38. The molecule has 0 spiro atoms. The minimum atomic E-state index is -0.291. The van der Waals surface area contributed by atoms with Crippen molar-refractivity contribution in [1.82, 2.24) is 4.98 Å². The number of benzene rings is 1. The summed E-state index contributed by atoms with van der Waals surface area (Å²) in [7, 11) is 0. The van der Waals surface area contributed by atoms with Crippen LogP contribution in [0.4, 0.5) is 5.69 Å². The molecule has 2 aliphatic rings. The van der Waals surface area contributed by atoms with Gasteiger partial charge in [-0.2, -0.15) is 0 Å². The molecule has 1 saturated carbocycles. The van der Waals surface area contributed by atoms with Crippen LogP contribution in [0.1, 0.15) is 39.5 Å². The number of aromatic nitrogens is 1. The second-order valence-electron chi connectivity index (χ2n) is 7.27. The number of nitrogens with zero attached hydrogens (tertiary/aromatic N) is 2. The molecule has 1 aromatic carbocycles. The zero-order chi connectivity index (χ0) is 20.7. The first-order valence-electron chi connectivity index (χ1n) is 9.72. The Morgan fingerprint density at radius 1 is 1.34 bits per heavy atom. The summed E-state index contributed by atoms with van der Waals surface area (Å²) in [5.74, 6) is 0.565. The minimum absolute atomic E-state index is 0.214. The molecule has 0 bridgehead atoms. The Bertz CT molecular complexity index is 968. The molecule has 1 aromatic heterocycles. The van der Waals surface area contributed by atoms with Gasteiger partial charge in [0.05, 0.1) is 32.5 Å². The van der Waals surface area contributed by atoms with Crippen molar-refractivity contribution in [2.45, 2.75) is 49.1 Å². The lowest BCUT2D eigenvalue weighted by Gasteiger charge is -2.22. The van der Waals surface area contributed by atoms with Gasteiger partial charge in [-0.25, -0.2) is 4.98 Å². The van der Waals surface area contributed by atoms with E-state index in [0.29, 0.717) is 18.4 Å². The number of hydrogen-bond donors (Lipinski definition) is 0. The molecule has 1 aliphatic heterocycles. The smallest absolute Gasteiger partial charge is 0.319 e. The van der Waals surface area contributed by atoms with Crippen LogP contribution in [0.25, 0.3) is 10.2 Å². The number of anilines is 1. The molecule has 3 atom stereocenters. The van der Waals surface area contributed by atoms with E-state index in [1.807, 2.05) is 13.8 Å². The van der Waals surface area contributed by atoms with Crippen LogP contribution in [0.5, 0.6) is 0 Å². The highest BCUT2D eigenvalue weighted by atomic mass is 79.9. The SMILES string of the molecule is CCOC(=O)C(C)Sc1nc2cc(N3C(=S)C4CCCCC4C3=S)c(Br)cc2s1. The summed E-state index contributed by atoms with van der Waals surface area (Å²) in [6.07, 6.45) is 4.71. The molecular formula is C20H21BrN2O2S4. The fourth-order valence-electron chi connectivity index (χ4n) is 4.00. The quantitative estimate of drug-likeness (QED) is 0.253. The Morgan fingerprint density at radius 3 is 2.62 bits per heavy atom. The molecule has 3 unspecified atom stereocenters. The van der Waals surface area contributed by atoms with Crippen molar-refractivity contribution < 1.29 is 9.53 Å². The fourth-order valence-corrected chi connectivity index (χ4v) is 7.92. The molecule has 1 saturated heterocycles. The highest BCUT2D eigenvalue weighted by molar-refractivity contribution is 9.10. The zero-order valence-electron chi connectivity index (χ0n) is 16.1. The van der Waals surface area contributed by atoms with Crippen LogP contribution in [-0.2, 0) is 9.53 Å². The minimum Gasteiger partial charge on any atom is -0.465 e. The van der Waals surface area contributed by atoms with Gasteiger partial charge in [-0.15, -0.1) is 11.3 Å². The number of ether oxygens (including phenoxy) is 1. The van der Waals surface area contributed by atoms with Crippen molar-refractivity contribution in [1.29, 1.82) is 0 Å². The first-order chi connectivity index (χ1) is 13.9. The molecule has 4 rings (SSSR count). The lowest BCUT2D eigenvalue weighted by Crippen LogP contribution is -2.28. The third-order valence-electron chi connectivity index (χ3n) is 5.42. The van der Waals surface area contributed by atoms with Crippen molar-refractivity contribution in [3.8, 4) is 0 Å². The van der Waals surface area contributed by atoms with Crippen molar-refractivity contribution in [2.75, 3.05) is 11.5 Å². The number of thiocarbonyl (C=S) groups is 2. The summed E-state index contributed by atoms with van der Waals surface area (Å²) in [6, 6.07) is 4.14. The molecule has 0 radical (unpaired) electrons. The molecule has 29 heavy (non-hydrogen) atoms. The summed E-state index contributed by atoms with van der Waals surface area (Å²) in [5.41, 5.74) is 1.87. The van der Waals surface area contributed by atoms with E-state index < -0.39 is 0 Å². The lowest BCUT2D eigenvalue weighted by atomic mass is 9.82. The molecule has 9 heteroatoms. The van der Waals surface area contributed by atoms with Crippen molar-refractivity contribution >= 4 is 95.3 Å². The Morgan fingerprint density at radius 2 is 2.00 bits per heavy atom. The molecule has 0 N–H and O–H groups in total. The number of halogens is 1. The number of thioether (sulfide) groups is 1. The Labute approximate surface area is 197 Å². The first-order valence-corrected chi connectivity index (χ1v) is 13.0. The van der Waals surface area contributed by atoms with E-state index in [0.717, 1.165) is 47.5 Å². The van der Waals surface area contributed by atoms with Gasteiger partial charge >= 0.3 is 5.97 Å². The van der Waals surface area contributed by atoms with E-state index in [-0.39, 0.29) is 11.2 Å². The maximum Gasteiger partial charge on any atom is 0.319 e. The van der Waals surface area contributed by atoms with Gasteiger partial charge in [0, 0.05) is 16.3 Å². The fraction of sp³-hybridized carbons (Fsp3) is 0.500. The Kier molecular flexibility index (Phi) is 6.61. The van der Waals surface area contributed by atoms with Gasteiger partial charge in [-0.1, -0.05) is 49.0 Å². The summed E-state index contributed by atoms with van der Waals surface area (Å²) < 4.78 is 7.98. The third-order valence-corrected chi connectivity index (χ3v) is 9.21. The van der Waals surface area contributed by atoms with Gasteiger partial charge in [0.2, 0.25) is 0 Å².